The average Bonchev–Trinajstić information content (AvgIpc) is 2.63. The van der Waals surface area contributed by atoms with Gasteiger partial charge in [0.25, 0.3) is 0 Å². The number of aryl methyl sites for hydroxylation is 1. The molecule has 2 aromatic rings. The molecule has 0 spiro atoms. The maximum atomic E-state index is 12.7. The summed E-state index contributed by atoms with van der Waals surface area (Å²) in [6, 6.07) is 6.41. The number of hydrogen-bond donors (Lipinski definition) is 1. The van der Waals surface area contributed by atoms with Gasteiger partial charge in [0.1, 0.15) is 6.33 Å². The number of aromatic nitrogens is 2. The van der Waals surface area contributed by atoms with Gasteiger partial charge in [0.2, 0.25) is 0 Å². The molecule has 2 amide bonds. The summed E-state index contributed by atoms with van der Waals surface area (Å²) >= 11 is 0. The molecule has 1 aliphatic heterocycles. The zero-order chi connectivity index (χ0) is 18.7. The molecule has 8 heteroatoms. The Balaban J connectivity index is 1.74. The highest BCUT2D eigenvalue weighted by Gasteiger charge is 2.26. The Hall–Kier alpha value is -2.48. The van der Waals surface area contributed by atoms with Crippen molar-refractivity contribution in [1.82, 2.24) is 14.9 Å². The molecule has 0 bridgehead atoms. The van der Waals surface area contributed by atoms with Crippen LogP contribution in [-0.2, 0) is 9.84 Å². The van der Waals surface area contributed by atoms with Crippen molar-refractivity contribution in [2.24, 2.45) is 0 Å². The van der Waals surface area contributed by atoms with Gasteiger partial charge in [-0.1, -0.05) is 6.07 Å². The van der Waals surface area contributed by atoms with Gasteiger partial charge in [-0.25, -0.2) is 23.2 Å². The van der Waals surface area contributed by atoms with E-state index in [9.17, 15) is 13.2 Å². The summed E-state index contributed by atoms with van der Waals surface area (Å²) in [5.41, 5.74) is 2.27. The highest BCUT2D eigenvalue weighted by molar-refractivity contribution is 7.90. The van der Waals surface area contributed by atoms with Crippen LogP contribution in [-0.4, -0.2) is 48.7 Å². The Labute approximate surface area is 153 Å². The fourth-order valence-electron chi connectivity index (χ4n) is 3.11. The second-order valence-corrected chi connectivity index (χ2v) is 8.61. The van der Waals surface area contributed by atoms with Crippen LogP contribution in [0.4, 0.5) is 10.5 Å². The van der Waals surface area contributed by atoms with E-state index in [0.29, 0.717) is 18.8 Å². The van der Waals surface area contributed by atoms with Crippen molar-refractivity contribution < 1.29 is 13.2 Å². The van der Waals surface area contributed by atoms with Crippen LogP contribution in [0, 0.1) is 6.92 Å². The number of rotatable bonds is 3. The van der Waals surface area contributed by atoms with E-state index in [1.54, 1.807) is 23.2 Å². The zero-order valence-corrected chi connectivity index (χ0v) is 15.7. The highest BCUT2D eigenvalue weighted by Crippen LogP contribution is 2.26. The third-order valence-electron chi connectivity index (χ3n) is 4.61. The highest BCUT2D eigenvalue weighted by atomic mass is 32.2. The van der Waals surface area contributed by atoms with E-state index in [4.69, 9.17) is 0 Å². The molecule has 1 fully saturated rings. The standard InChI is InChI=1S/C18H22N4O3S/c1-13-5-6-15(26(2,24)25)10-17(13)21-18(23)22-9-3-4-14(11-22)16-7-8-19-12-20-16/h5-8,10,12,14H,3-4,9,11H2,1-2H3,(H,21,23). The molecule has 0 aliphatic carbocycles. The number of likely N-dealkylation sites (tertiary alicyclic amines) is 1. The van der Waals surface area contributed by atoms with Gasteiger partial charge in [-0.05, 0) is 43.5 Å². The number of anilines is 1. The molecule has 0 radical (unpaired) electrons. The summed E-state index contributed by atoms with van der Waals surface area (Å²) in [7, 11) is -3.33. The molecule has 26 heavy (non-hydrogen) atoms. The molecule has 1 unspecified atom stereocenters. The smallest absolute Gasteiger partial charge is 0.321 e. The Morgan fingerprint density at radius 3 is 2.81 bits per heavy atom. The van der Waals surface area contributed by atoms with Gasteiger partial charge in [-0.3, -0.25) is 0 Å². The van der Waals surface area contributed by atoms with Crippen LogP contribution in [0.1, 0.15) is 30.0 Å². The Kier molecular flexibility index (Phi) is 5.22. The minimum Gasteiger partial charge on any atom is -0.324 e. The first-order valence-corrected chi connectivity index (χ1v) is 10.4. The van der Waals surface area contributed by atoms with E-state index < -0.39 is 9.84 Å². The quantitative estimate of drug-likeness (QED) is 0.891. The third kappa shape index (κ3) is 4.19. The predicted molar refractivity (Wildman–Crippen MR) is 98.9 cm³/mol. The number of sulfone groups is 1. The van der Waals surface area contributed by atoms with Gasteiger partial charge in [0.15, 0.2) is 9.84 Å². The summed E-state index contributed by atoms with van der Waals surface area (Å²) < 4.78 is 23.5. The Morgan fingerprint density at radius 2 is 2.12 bits per heavy atom. The molecule has 1 atom stereocenters. The summed E-state index contributed by atoms with van der Waals surface area (Å²) in [6.07, 6.45) is 6.25. The number of carbonyl (C=O) groups is 1. The van der Waals surface area contributed by atoms with E-state index in [0.717, 1.165) is 30.4 Å². The topological polar surface area (TPSA) is 92.3 Å². The lowest BCUT2D eigenvalue weighted by molar-refractivity contribution is 0.192. The van der Waals surface area contributed by atoms with Gasteiger partial charge in [-0.15, -0.1) is 0 Å². The predicted octanol–water partition coefficient (Wildman–Crippen LogP) is 2.60. The molecule has 1 aromatic carbocycles. The monoisotopic (exact) mass is 374 g/mol. The molecular formula is C18H22N4O3S. The van der Waals surface area contributed by atoms with Crippen molar-refractivity contribution in [2.75, 3.05) is 24.7 Å². The molecule has 2 heterocycles. The summed E-state index contributed by atoms with van der Waals surface area (Å²) in [6.45, 7) is 3.08. The third-order valence-corrected chi connectivity index (χ3v) is 5.72. The van der Waals surface area contributed by atoms with Crippen LogP contribution in [0.5, 0.6) is 0 Å². The first-order chi connectivity index (χ1) is 12.3. The summed E-state index contributed by atoms with van der Waals surface area (Å²) in [5, 5.41) is 2.85. The van der Waals surface area contributed by atoms with Gasteiger partial charge in [0.05, 0.1) is 4.90 Å². The largest absolute Gasteiger partial charge is 0.324 e. The first kappa shape index (κ1) is 18.3. The fraction of sp³-hybridized carbons (Fsp3) is 0.389. The van der Waals surface area contributed by atoms with Crippen molar-refractivity contribution in [3.8, 4) is 0 Å². The minimum absolute atomic E-state index is 0.181. The number of piperidine rings is 1. The van der Waals surface area contributed by atoms with E-state index in [1.807, 2.05) is 13.0 Å². The zero-order valence-electron chi connectivity index (χ0n) is 14.8. The lowest BCUT2D eigenvalue weighted by atomic mass is 9.95. The van der Waals surface area contributed by atoms with Gasteiger partial charge >= 0.3 is 6.03 Å². The first-order valence-electron chi connectivity index (χ1n) is 8.47. The Morgan fingerprint density at radius 1 is 1.31 bits per heavy atom. The maximum Gasteiger partial charge on any atom is 0.321 e. The van der Waals surface area contributed by atoms with E-state index in [2.05, 4.69) is 15.3 Å². The molecular weight excluding hydrogens is 352 g/mol. The SMILES string of the molecule is Cc1ccc(S(C)(=O)=O)cc1NC(=O)N1CCCC(c2ccncn2)C1. The van der Waals surface area contributed by atoms with Crippen LogP contribution >= 0.6 is 0 Å². The van der Waals surface area contributed by atoms with Gasteiger partial charge < -0.3 is 10.2 Å². The molecule has 1 saturated heterocycles. The maximum absolute atomic E-state index is 12.7. The van der Waals surface area contributed by atoms with Gasteiger partial charge in [0, 0.05) is 42.8 Å². The average molecular weight is 374 g/mol. The van der Waals surface area contributed by atoms with E-state index in [-0.39, 0.29) is 16.8 Å². The number of amides is 2. The minimum atomic E-state index is -3.33. The van der Waals surface area contributed by atoms with Gasteiger partial charge in [-0.2, -0.15) is 0 Å². The molecule has 3 rings (SSSR count). The number of nitrogens with one attached hydrogen (secondary N) is 1. The molecule has 1 aliphatic rings. The van der Waals surface area contributed by atoms with Crippen LogP contribution in [0.3, 0.4) is 0 Å². The Bertz CT molecular complexity index is 900. The number of hydrogen-bond acceptors (Lipinski definition) is 5. The van der Waals surface area contributed by atoms with Crippen LogP contribution in [0.25, 0.3) is 0 Å². The van der Waals surface area contributed by atoms with E-state index in [1.165, 1.54) is 12.4 Å². The summed E-state index contributed by atoms with van der Waals surface area (Å²) in [4.78, 5) is 22.9. The van der Waals surface area contributed by atoms with Crippen molar-refractivity contribution in [3.05, 3.63) is 48.0 Å². The number of carbonyl (C=O) groups excluding carboxylic acids is 1. The second kappa shape index (κ2) is 7.41. The van der Waals surface area contributed by atoms with Crippen molar-refractivity contribution in [2.45, 2.75) is 30.6 Å². The van der Waals surface area contributed by atoms with Crippen LogP contribution < -0.4 is 5.32 Å². The molecule has 0 saturated carbocycles. The summed E-state index contributed by atoms with van der Waals surface area (Å²) in [5.74, 6) is 0.181. The number of urea groups is 1. The molecule has 7 nitrogen and oxygen atoms in total. The lowest BCUT2D eigenvalue weighted by Gasteiger charge is -2.32. The van der Waals surface area contributed by atoms with Crippen molar-refractivity contribution >= 4 is 21.6 Å². The second-order valence-electron chi connectivity index (χ2n) is 6.60. The molecule has 1 N–H and O–H groups in total. The fourth-order valence-corrected chi connectivity index (χ4v) is 3.75. The number of nitrogens with zero attached hydrogens (tertiary/aromatic N) is 3. The molecule has 1 aromatic heterocycles. The van der Waals surface area contributed by atoms with Crippen molar-refractivity contribution in [1.29, 1.82) is 0 Å². The lowest BCUT2D eigenvalue weighted by Crippen LogP contribution is -2.41. The van der Waals surface area contributed by atoms with Crippen LogP contribution in [0.2, 0.25) is 0 Å². The molecule has 138 valence electrons. The van der Waals surface area contributed by atoms with E-state index >= 15 is 0 Å². The van der Waals surface area contributed by atoms with Crippen LogP contribution in [0.15, 0.2) is 41.7 Å². The normalized spacial score (nSPS) is 17.8. The van der Waals surface area contributed by atoms with Crippen molar-refractivity contribution in [3.63, 3.8) is 0 Å². The number of benzene rings is 1.